The molecule has 0 unspecified atom stereocenters. The molecule has 0 bridgehead atoms. The maximum absolute atomic E-state index is 12.6. The lowest BCUT2D eigenvalue weighted by molar-refractivity contribution is 0.00470. The van der Waals surface area contributed by atoms with E-state index in [0.717, 1.165) is 4.57 Å². The number of nitrogens with zero attached hydrogens (tertiary/aromatic N) is 1. The summed E-state index contributed by atoms with van der Waals surface area (Å²) in [4.78, 5) is 25.1. The van der Waals surface area contributed by atoms with Crippen LogP contribution in [0, 0.1) is 0 Å². The van der Waals surface area contributed by atoms with Crippen LogP contribution in [0.15, 0.2) is 24.3 Å². The molecule has 0 saturated heterocycles. The zero-order chi connectivity index (χ0) is 18.3. The van der Waals surface area contributed by atoms with E-state index in [2.05, 4.69) is 0 Å². The topological polar surface area (TPSA) is 77.8 Å². The predicted molar refractivity (Wildman–Crippen MR) is 90.4 cm³/mol. The minimum absolute atomic E-state index is 0.236. The van der Waals surface area contributed by atoms with Crippen molar-refractivity contribution in [3.05, 3.63) is 30.0 Å². The summed E-state index contributed by atoms with van der Waals surface area (Å²) in [6.45, 7) is 10.3. The van der Waals surface area contributed by atoms with Gasteiger partial charge in [0, 0.05) is 5.39 Å². The Morgan fingerprint density at radius 2 is 1.50 bits per heavy atom. The summed E-state index contributed by atoms with van der Waals surface area (Å²) in [6, 6.07) is 6.67. The van der Waals surface area contributed by atoms with E-state index in [1.54, 1.807) is 65.8 Å². The maximum Gasteiger partial charge on any atom is 0.419 e. The van der Waals surface area contributed by atoms with Gasteiger partial charge in [0.05, 0.1) is 5.52 Å². The summed E-state index contributed by atoms with van der Waals surface area (Å²) < 4.78 is 11.8. The van der Waals surface area contributed by atoms with Crippen LogP contribution in [0.4, 0.5) is 4.79 Å². The van der Waals surface area contributed by atoms with Crippen molar-refractivity contribution in [1.29, 1.82) is 0 Å². The van der Waals surface area contributed by atoms with Crippen LogP contribution >= 0.6 is 0 Å². The van der Waals surface area contributed by atoms with Crippen LogP contribution in [0.3, 0.4) is 0 Å². The summed E-state index contributed by atoms with van der Waals surface area (Å²) >= 11 is 0. The number of fused-ring (bicyclic) bond motifs is 1. The Morgan fingerprint density at radius 1 is 0.958 bits per heavy atom. The van der Waals surface area contributed by atoms with Gasteiger partial charge in [0.15, 0.2) is 11.4 Å². The highest BCUT2D eigenvalue weighted by Crippen LogP contribution is 2.34. The average molecular weight is 333 g/mol. The van der Waals surface area contributed by atoms with Gasteiger partial charge < -0.3 is 14.6 Å². The van der Waals surface area contributed by atoms with E-state index in [0.29, 0.717) is 10.9 Å². The second-order valence-corrected chi connectivity index (χ2v) is 7.53. The van der Waals surface area contributed by atoms with Crippen molar-refractivity contribution < 1.29 is 24.2 Å². The lowest BCUT2D eigenvalue weighted by Gasteiger charge is -2.22. The van der Waals surface area contributed by atoms with E-state index in [1.165, 1.54) is 0 Å². The van der Waals surface area contributed by atoms with Crippen LogP contribution in [-0.2, 0) is 9.47 Å². The van der Waals surface area contributed by atoms with Gasteiger partial charge in [-0.1, -0.05) is 12.1 Å². The molecule has 1 heterocycles. The van der Waals surface area contributed by atoms with Crippen molar-refractivity contribution >= 4 is 23.0 Å². The van der Waals surface area contributed by atoms with Gasteiger partial charge in [0.25, 0.3) is 0 Å². The zero-order valence-corrected chi connectivity index (χ0v) is 14.8. The summed E-state index contributed by atoms with van der Waals surface area (Å²) in [5.41, 5.74) is -1.37. The Hall–Kier alpha value is -2.50. The third-order valence-electron chi connectivity index (χ3n) is 3.02. The van der Waals surface area contributed by atoms with Crippen LogP contribution in [0.1, 0.15) is 52.0 Å². The molecule has 0 aliphatic carbocycles. The Balaban J connectivity index is 2.65. The Labute approximate surface area is 141 Å². The fraction of sp³-hybridized carbons (Fsp3) is 0.444. The van der Waals surface area contributed by atoms with Crippen LogP contribution < -0.4 is 0 Å². The quantitative estimate of drug-likeness (QED) is 0.795. The van der Waals surface area contributed by atoms with Crippen molar-refractivity contribution in [3.8, 4) is 5.75 Å². The van der Waals surface area contributed by atoms with Crippen molar-refractivity contribution in [1.82, 2.24) is 4.57 Å². The zero-order valence-electron chi connectivity index (χ0n) is 14.8. The SMILES string of the molecule is CC(C)(C)OC(=O)c1c(O)c2ccccc2n1C(=O)OC(C)(C)C. The number of aromatic nitrogens is 1. The van der Waals surface area contributed by atoms with Gasteiger partial charge in [-0.2, -0.15) is 0 Å². The number of para-hydroxylation sites is 1. The molecule has 0 aliphatic rings. The Bertz CT molecular complexity index is 790. The fourth-order valence-electron chi connectivity index (χ4n) is 2.23. The Morgan fingerprint density at radius 3 is 2.04 bits per heavy atom. The third kappa shape index (κ3) is 3.69. The molecule has 0 fully saturated rings. The molecule has 2 aromatic rings. The number of benzene rings is 1. The largest absolute Gasteiger partial charge is 0.505 e. The molecule has 0 radical (unpaired) electrons. The van der Waals surface area contributed by atoms with Crippen LogP contribution in [-0.4, -0.2) is 32.9 Å². The first-order chi connectivity index (χ1) is 10.9. The minimum Gasteiger partial charge on any atom is -0.505 e. The van der Waals surface area contributed by atoms with Crippen molar-refractivity contribution in [2.75, 3.05) is 0 Å². The first-order valence-corrected chi connectivity index (χ1v) is 7.70. The molecular formula is C18H23NO5. The Kier molecular flexibility index (Phi) is 4.35. The second kappa shape index (κ2) is 5.85. The second-order valence-electron chi connectivity index (χ2n) is 7.53. The molecule has 1 aromatic carbocycles. The molecule has 6 nitrogen and oxygen atoms in total. The van der Waals surface area contributed by atoms with Gasteiger partial charge in [-0.05, 0) is 53.7 Å². The molecule has 130 valence electrons. The van der Waals surface area contributed by atoms with Crippen molar-refractivity contribution in [2.24, 2.45) is 0 Å². The summed E-state index contributed by atoms with van der Waals surface area (Å²) in [6.07, 6.45) is -0.750. The molecule has 2 rings (SSSR count). The van der Waals surface area contributed by atoms with Gasteiger partial charge in [0.2, 0.25) is 0 Å². The number of carbonyl (C=O) groups excluding carboxylic acids is 2. The summed E-state index contributed by atoms with van der Waals surface area (Å²) in [7, 11) is 0. The minimum atomic E-state index is -0.790. The van der Waals surface area contributed by atoms with E-state index in [9.17, 15) is 14.7 Å². The van der Waals surface area contributed by atoms with E-state index >= 15 is 0 Å². The highest BCUT2D eigenvalue weighted by molar-refractivity contribution is 6.06. The molecule has 0 amide bonds. The number of hydrogen-bond acceptors (Lipinski definition) is 5. The van der Waals surface area contributed by atoms with Crippen LogP contribution in [0.5, 0.6) is 5.75 Å². The molecule has 1 N–H and O–H groups in total. The molecule has 0 spiro atoms. The van der Waals surface area contributed by atoms with Gasteiger partial charge >= 0.3 is 12.1 Å². The van der Waals surface area contributed by atoms with E-state index in [4.69, 9.17) is 9.47 Å². The van der Waals surface area contributed by atoms with Gasteiger partial charge in [-0.3, -0.25) is 0 Å². The molecule has 24 heavy (non-hydrogen) atoms. The normalized spacial score (nSPS) is 12.2. The highest BCUT2D eigenvalue weighted by atomic mass is 16.6. The van der Waals surface area contributed by atoms with Gasteiger partial charge in [-0.15, -0.1) is 0 Å². The fourth-order valence-corrected chi connectivity index (χ4v) is 2.23. The standard InChI is InChI=1S/C18H23NO5/c1-17(2,3)23-15(21)13-14(20)11-9-7-8-10-12(11)19(13)16(22)24-18(4,5)6/h7-10,20H,1-6H3. The monoisotopic (exact) mass is 333 g/mol. The molecule has 0 saturated carbocycles. The van der Waals surface area contributed by atoms with E-state index in [-0.39, 0.29) is 11.4 Å². The third-order valence-corrected chi connectivity index (χ3v) is 3.02. The number of hydrogen-bond donors (Lipinski definition) is 1. The summed E-state index contributed by atoms with van der Waals surface area (Å²) in [5, 5.41) is 10.8. The highest BCUT2D eigenvalue weighted by Gasteiger charge is 2.31. The summed E-state index contributed by atoms with van der Waals surface area (Å²) in [5.74, 6) is -1.09. The van der Waals surface area contributed by atoms with E-state index < -0.39 is 23.3 Å². The molecular weight excluding hydrogens is 310 g/mol. The lowest BCUT2D eigenvalue weighted by Crippen LogP contribution is -2.31. The van der Waals surface area contributed by atoms with Crippen LogP contribution in [0.2, 0.25) is 0 Å². The molecule has 0 atom stereocenters. The number of carbonyl (C=O) groups is 2. The maximum atomic E-state index is 12.6. The lowest BCUT2D eigenvalue weighted by atomic mass is 10.2. The molecule has 0 aliphatic heterocycles. The first kappa shape index (κ1) is 17.8. The van der Waals surface area contributed by atoms with Crippen LogP contribution in [0.25, 0.3) is 10.9 Å². The van der Waals surface area contributed by atoms with Crippen molar-refractivity contribution in [3.63, 3.8) is 0 Å². The number of rotatable bonds is 1. The number of esters is 1. The first-order valence-electron chi connectivity index (χ1n) is 7.70. The average Bonchev–Trinajstić information content (AvgIpc) is 2.69. The smallest absolute Gasteiger partial charge is 0.419 e. The number of ether oxygens (including phenoxy) is 2. The molecule has 6 heteroatoms. The molecule has 1 aromatic heterocycles. The number of aromatic hydroxyl groups is 1. The van der Waals surface area contributed by atoms with E-state index in [1.807, 2.05) is 0 Å². The predicted octanol–water partition coefficient (Wildman–Crippen LogP) is 4.09. The van der Waals surface area contributed by atoms with Gasteiger partial charge in [0.1, 0.15) is 11.2 Å². The van der Waals surface area contributed by atoms with Crippen molar-refractivity contribution in [2.45, 2.75) is 52.7 Å². The van der Waals surface area contributed by atoms with Gasteiger partial charge in [-0.25, -0.2) is 14.2 Å².